The summed E-state index contributed by atoms with van der Waals surface area (Å²) in [7, 11) is 0. The van der Waals surface area contributed by atoms with Gasteiger partial charge in [0.25, 0.3) is 0 Å². The highest BCUT2D eigenvalue weighted by atomic mass is 16.6. The van der Waals surface area contributed by atoms with E-state index in [9.17, 15) is 14.7 Å². The number of carbonyl (C=O) groups is 2. The normalized spacial score (nSPS) is 25.3. The molecular formula is C23H40O4. The molecule has 0 heterocycles. The van der Waals surface area contributed by atoms with Crippen molar-refractivity contribution in [1.29, 1.82) is 0 Å². The molecule has 4 nitrogen and oxygen atoms in total. The number of hydrogen-bond donors (Lipinski definition) is 1. The van der Waals surface area contributed by atoms with Gasteiger partial charge in [-0.05, 0) is 57.3 Å². The van der Waals surface area contributed by atoms with Crippen LogP contribution in [0.1, 0.15) is 110 Å². The Kier molecular flexibility index (Phi) is 9.11. The van der Waals surface area contributed by atoms with Crippen LogP contribution in [0.3, 0.4) is 0 Å². The number of rotatable bonds is 10. The van der Waals surface area contributed by atoms with Crippen molar-refractivity contribution in [2.75, 3.05) is 0 Å². The minimum absolute atomic E-state index is 0.233. The van der Waals surface area contributed by atoms with Crippen LogP contribution < -0.4 is 0 Å². The molecule has 1 N–H and O–H groups in total. The number of carboxylic acid groups (broad SMARTS) is 1. The molecule has 27 heavy (non-hydrogen) atoms. The number of carboxylic acids is 1. The predicted molar refractivity (Wildman–Crippen MR) is 108 cm³/mol. The second kappa shape index (κ2) is 11.1. The first-order valence-electron chi connectivity index (χ1n) is 11.4. The third-order valence-corrected chi connectivity index (χ3v) is 6.63. The molecule has 156 valence electrons. The Morgan fingerprint density at radius 2 is 1.56 bits per heavy atom. The molecule has 0 aromatic carbocycles. The summed E-state index contributed by atoms with van der Waals surface area (Å²) in [6, 6.07) is 0. The third-order valence-electron chi connectivity index (χ3n) is 6.63. The molecular weight excluding hydrogens is 340 g/mol. The first-order valence-corrected chi connectivity index (χ1v) is 11.4. The van der Waals surface area contributed by atoms with E-state index in [2.05, 4.69) is 13.8 Å². The zero-order valence-electron chi connectivity index (χ0n) is 17.5. The van der Waals surface area contributed by atoms with Crippen molar-refractivity contribution in [3.05, 3.63) is 0 Å². The lowest BCUT2D eigenvalue weighted by Gasteiger charge is -2.39. The highest BCUT2D eigenvalue weighted by Crippen LogP contribution is 2.39. The largest absolute Gasteiger partial charge is 0.481 e. The van der Waals surface area contributed by atoms with Crippen LogP contribution in [0.25, 0.3) is 0 Å². The molecule has 2 fully saturated rings. The number of ether oxygens (including phenoxy) is 1. The van der Waals surface area contributed by atoms with E-state index >= 15 is 0 Å². The molecule has 0 aromatic heterocycles. The Labute approximate surface area is 165 Å². The fourth-order valence-corrected chi connectivity index (χ4v) is 4.95. The van der Waals surface area contributed by atoms with Crippen LogP contribution in [0, 0.1) is 17.8 Å². The summed E-state index contributed by atoms with van der Waals surface area (Å²) in [4.78, 5) is 24.5. The van der Waals surface area contributed by atoms with Crippen LogP contribution in [-0.4, -0.2) is 22.6 Å². The van der Waals surface area contributed by atoms with Gasteiger partial charge in [0.15, 0.2) is 0 Å². The van der Waals surface area contributed by atoms with Crippen LogP contribution in [-0.2, 0) is 14.3 Å². The van der Waals surface area contributed by atoms with Crippen LogP contribution in [0.2, 0.25) is 0 Å². The Balaban J connectivity index is 1.88. The lowest BCUT2D eigenvalue weighted by Crippen LogP contribution is -2.42. The summed E-state index contributed by atoms with van der Waals surface area (Å²) in [6.07, 6.45) is 15.6. The predicted octanol–water partition coefficient (Wildman–Crippen LogP) is 6.12. The number of carbonyl (C=O) groups excluding carboxylic acids is 1. The fraction of sp³-hybridized carbons (Fsp3) is 0.913. The monoisotopic (exact) mass is 380 g/mol. The maximum absolute atomic E-state index is 12.9. The van der Waals surface area contributed by atoms with Gasteiger partial charge in [-0.2, -0.15) is 0 Å². The quantitative estimate of drug-likeness (QED) is 0.366. The zero-order valence-corrected chi connectivity index (χ0v) is 17.5. The molecule has 0 spiro atoms. The first kappa shape index (κ1) is 22.2. The molecule has 2 unspecified atom stereocenters. The van der Waals surface area contributed by atoms with Crippen molar-refractivity contribution in [3.63, 3.8) is 0 Å². The van der Waals surface area contributed by atoms with Crippen molar-refractivity contribution in [2.24, 2.45) is 17.8 Å². The molecule has 2 atom stereocenters. The van der Waals surface area contributed by atoms with Gasteiger partial charge >= 0.3 is 11.9 Å². The van der Waals surface area contributed by atoms with Gasteiger partial charge in [-0.3, -0.25) is 9.59 Å². The van der Waals surface area contributed by atoms with Crippen LogP contribution in [0.4, 0.5) is 0 Å². The summed E-state index contributed by atoms with van der Waals surface area (Å²) in [6.45, 7) is 4.54. The molecule has 0 bridgehead atoms. The van der Waals surface area contributed by atoms with Gasteiger partial charge in [-0.1, -0.05) is 58.8 Å². The van der Waals surface area contributed by atoms with Crippen molar-refractivity contribution in [2.45, 2.75) is 116 Å². The van der Waals surface area contributed by atoms with Crippen molar-refractivity contribution in [1.82, 2.24) is 0 Å². The molecule has 2 aliphatic carbocycles. The van der Waals surface area contributed by atoms with Gasteiger partial charge in [-0.25, -0.2) is 0 Å². The van der Waals surface area contributed by atoms with Crippen molar-refractivity contribution < 1.29 is 19.4 Å². The van der Waals surface area contributed by atoms with Gasteiger partial charge < -0.3 is 9.84 Å². The topological polar surface area (TPSA) is 63.6 Å². The highest BCUT2D eigenvalue weighted by Gasteiger charge is 2.42. The minimum Gasteiger partial charge on any atom is -0.481 e. The molecule has 2 saturated carbocycles. The van der Waals surface area contributed by atoms with Crippen LogP contribution in [0.15, 0.2) is 0 Å². The average Bonchev–Trinajstić information content (AvgIpc) is 2.65. The average molecular weight is 381 g/mol. The number of aliphatic carboxylic acids is 1. The fourth-order valence-electron chi connectivity index (χ4n) is 4.95. The van der Waals surface area contributed by atoms with Gasteiger partial charge in [0.2, 0.25) is 0 Å². The Hall–Kier alpha value is -1.06. The number of hydrogen-bond acceptors (Lipinski definition) is 3. The first-order chi connectivity index (χ1) is 12.9. The molecule has 0 aliphatic heterocycles. The van der Waals surface area contributed by atoms with Gasteiger partial charge in [0, 0.05) is 0 Å². The maximum atomic E-state index is 12.9. The van der Waals surface area contributed by atoms with Crippen molar-refractivity contribution in [3.8, 4) is 0 Å². The summed E-state index contributed by atoms with van der Waals surface area (Å²) in [5.74, 6) is -1.29. The van der Waals surface area contributed by atoms with Crippen LogP contribution in [0.5, 0.6) is 0 Å². The molecule has 0 saturated heterocycles. The highest BCUT2D eigenvalue weighted by molar-refractivity contribution is 5.81. The Bertz CT molecular complexity index is 465. The minimum atomic E-state index is -0.834. The SMILES string of the molecule is CC(C)CCCCCCC1(OC(=O)C2CCCCC2C(=O)O)CCCCC1. The van der Waals surface area contributed by atoms with Crippen LogP contribution >= 0.6 is 0 Å². The van der Waals surface area contributed by atoms with Gasteiger partial charge in [0.05, 0.1) is 11.8 Å². The lowest BCUT2D eigenvalue weighted by molar-refractivity contribution is -0.176. The molecule has 0 aromatic rings. The number of esters is 1. The van der Waals surface area contributed by atoms with E-state index in [1.807, 2.05) is 0 Å². The molecule has 0 amide bonds. The van der Waals surface area contributed by atoms with Gasteiger partial charge in [0.1, 0.15) is 5.60 Å². The Morgan fingerprint density at radius 1 is 0.926 bits per heavy atom. The van der Waals surface area contributed by atoms with E-state index in [0.717, 1.165) is 57.3 Å². The standard InChI is InChI=1S/C23H40O4/c1-18(2)12-6-3-4-9-15-23(16-10-5-11-17-23)27-22(26)20-14-8-7-13-19(20)21(24)25/h18-20H,3-17H2,1-2H3,(H,24,25). The van der Waals surface area contributed by atoms with E-state index < -0.39 is 17.8 Å². The molecule has 4 heteroatoms. The maximum Gasteiger partial charge on any atom is 0.310 e. The smallest absolute Gasteiger partial charge is 0.310 e. The van der Waals surface area contributed by atoms with E-state index in [4.69, 9.17) is 4.74 Å². The summed E-state index contributed by atoms with van der Waals surface area (Å²) in [5.41, 5.74) is -0.326. The second-order valence-electron chi connectivity index (χ2n) is 9.35. The summed E-state index contributed by atoms with van der Waals surface area (Å²) >= 11 is 0. The second-order valence-corrected chi connectivity index (χ2v) is 9.35. The van der Waals surface area contributed by atoms with Crippen molar-refractivity contribution >= 4 is 11.9 Å². The Morgan fingerprint density at radius 3 is 2.19 bits per heavy atom. The van der Waals surface area contributed by atoms with E-state index in [0.29, 0.717) is 12.8 Å². The molecule has 0 radical (unpaired) electrons. The van der Waals surface area contributed by atoms with E-state index in [-0.39, 0.29) is 11.6 Å². The van der Waals surface area contributed by atoms with Gasteiger partial charge in [-0.15, -0.1) is 0 Å². The van der Waals surface area contributed by atoms with E-state index in [1.165, 1.54) is 32.1 Å². The summed E-state index contributed by atoms with van der Waals surface area (Å²) in [5, 5.41) is 9.48. The zero-order chi connectivity index (χ0) is 19.7. The lowest BCUT2D eigenvalue weighted by atomic mass is 9.78. The third kappa shape index (κ3) is 7.12. The number of unbranched alkanes of at least 4 members (excludes halogenated alkanes) is 3. The summed E-state index contributed by atoms with van der Waals surface area (Å²) < 4.78 is 6.14. The molecule has 2 rings (SSSR count). The van der Waals surface area contributed by atoms with E-state index in [1.54, 1.807) is 0 Å². The molecule has 2 aliphatic rings.